The predicted octanol–water partition coefficient (Wildman–Crippen LogP) is 10.1. The lowest BCUT2D eigenvalue weighted by Crippen LogP contribution is -2.09. The Hall–Kier alpha value is -5.64. The maximum atomic E-state index is 9.88. The molecule has 0 aliphatic carbocycles. The van der Waals surface area contributed by atoms with Gasteiger partial charge in [0.1, 0.15) is 6.07 Å². The zero-order valence-electron chi connectivity index (χ0n) is 21.1. The van der Waals surface area contributed by atoms with E-state index in [9.17, 15) is 5.26 Å². The van der Waals surface area contributed by atoms with Crippen LogP contribution in [0.15, 0.2) is 127 Å². The summed E-state index contributed by atoms with van der Waals surface area (Å²) >= 11 is 0. The lowest BCUT2D eigenvalue weighted by Gasteiger charge is -2.25. The molecule has 0 atom stereocenters. The fourth-order valence-electron chi connectivity index (χ4n) is 5.05. The molecule has 0 aliphatic rings. The highest BCUT2D eigenvalue weighted by atomic mass is 15.1. The summed E-state index contributed by atoms with van der Waals surface area (Å²) in [7, 11) is 0. The van der Waals surface area contributed by atoms with E-state index in [-0.39, 0.29) is 0 Å². The largest absolute Gasteiger partial charge is 0.311 e. The fourth-order valence-corrected chi connectivity index (χ4v) is 5.05. The Bertz CT molecular complexity index is 1870. The minimum absolute atomic E-state index is 0.584. The molecular weight excluding hydrogens is 474 g/mol. The second-order valence-corrected chi connectivity index (χ2v) is 9.23. The average Bonchev–Trinajstić information content (AvgIpc) is 3.00. The molecule has 0 radical (unpaired) electrons. The summed E-state index contributed by atoms with van der Waals surface area (Å²) in [5.41, 5.74) is 6.52. The molecule has 0 aromatic heterocycles. The summed E-state index contributed by atoms with van der Waals surface area (Å²) in [6, 6.07) is 45.1. The molecule has 0 heterocycles. The van der Waals surface area contributed by atoms with Gasteiger partial charge >= 0.3 is 0 Å². The monoisotopic (exact) mass is 497 g/mol. The van der Waals surface area contributed by atoms with Gasteiger partial charge in [0, 0.05) is 17.1 Å². The standard InChI is InChI=1S/C36H23N3/c1-38-36-33-15-9-8-14-31(33)35(25-37)32-23-20-27(24-34(32)36)17-16-26-18-21-30(22-19-26)39(28-10-4-2-5-11-28)29-12-6-3-7-13-29/h2-24H/b17-16+. The Morgan fingerprint density at radius 1 is 0.564 bits per heavy atom. The van der Waals surface area contributed by atoms with E-state index in [0.717, 1.165) is 49.7 Å². The van der Waals surface area contributed by atoms with Gasteiger partial charge in [-0.05, 0) is 69.1 Å². The summed E-state index contributed by atoms with van der Waals surface area (Å²) in [5, 5.41) is 13.1. The zero-order chi connectivity index (χ0) is 26.6. The second kappa shape index (κ2) is 10.4. The van der Waals surface area contributed by atoms with E-state index >= 15 is 0 Å². The molecule has 3 nitrogen and oxygen atoms in total. The number of hydrogen-bond donors (Lipinski definition) is 0. The van der Waals surface area contributed by atoms with Crippen LogP contribution in [0.2, 0.25) is 0 Å². The summed E-state index contributed by atoms with van der Waals surface area (Å²) < 4.78 is 0. The van der Waals surface area contributed by atoms with Crippen molar-refractivity contribution in [1.82, 2.24) is 0 Å². The molecule has 0 fully saturated rings. The van der Waals surface area contributed by atoms with Crippen molar-refractivity contribution in [3.05, 3.63) is 156 Å². The maximum Gasteiger partial charge on any atom is 0.202 e. The van der Waals surface area contributed by atoms with Crippen molar-refractivity contribution in [2.45, 2.75) is 0 Å². The molecule has 0 bridgehead atoms. The van der Waals surface area contributed by atoms with Crippen molar-refractivity contribution in [1.29, 1.82) is 5.26 Å². The van der Waals surface area contributed by atoms with Crippen LogP contribution in [0.25, 0.3) is 38.5 Å². The lowest BCUT2D eigenvalue weighted by molar-refractivity contribution is 1.28. The Morgan fingerprint density at radius 3 is 1.69 bits per heavy atom. The minimum Gasteiger partial charge on any atom is -0.311 e. The van der Waals surface area contributed by atoms with E-state index in [4.69, 9.17) is 6.57 Å². The van der Waals surface area contributed by atoms with Crippen molar-refractivity contribution >= 4 is 56.4 Å². The molecule has 0 unspecified atom stereocenters. The van der Waals surface area contributed by atoms with Gasteiger partial charge in [-0.25, -0.2) is 4.85 Å². The van der Waals surface area contributed by atoms with Gasteiger partial charge in [0.05, 0.1) is 12.1 Å². The van der Waals surface area contributed by atoms with Gasteiger partial charge in [-0.1, -0.05) is 103 Å². The van der Waals surface area contributed by atoms with Crippen LogP contribution in [-0.2, 0) is 0 Å². The molecule has 0 N–H and O–H groups in total. The Labute approximate surface area is 227 Å². The molecule has 182 valence electrons. The number of nitrogens with zero attached hydrogens (tertiary/aromatic N) is 3. The molecular formula is C36H23N3. The van der Waals surface area contributed by atoms with Gasteiger partial charge in [0.2, 0.25) is 5.69 Å². The van der Waals surface area contributed by atoms with E-state index in [0.29, 0.717) is 11.3 Å². The van der Waals surface area contributed by atoms with E-state index in [1.54, 1.807) is 0 Å². The third-order valence-electron chi connectivity index (χ3n) is 6.89. The number of benzene rings is 6. The van der Waals surface area contributed by atoms with Gasteiger partial charge < -0.3 is 4.90 Å². The van der Waals surface area contributed by atoms with Crippen LogP contribution in [-0.4, -0.2) is 0 Å². The van der Waals surface area contributed by atoms with Gasteiger partial charge in [0.25, 0.3) is 0 Å². The highest BCUT2D eigenvalue weighted by molar-refractivity contribution is 6.15. The summed E-state index contributed by atoms with van der Waals surface area (Å²) in [6.45, 7) is 7.84. The van der Waals surface area contributed by atoms with Crippen LogP contribution < -0.4 is 4.90 Å². The quantitative estimate of drug-likeness (QED) is 0.135. The van der Waals surface area contributed by atoms with Gasteiger partial charge in [-0.15, -0.1) is 0 Å². The van der Waals surface area contributed by atoms with E-state index < -0.39 is 0 Å². The molecule has 6 aromatic carbocycles. The van der Waals surface area contributed by atoms with E-state index in [1.807, 2.05) is 78.9 Å². The SMILES string of the molecule is [C-]#[N+]c1c2ccccc2c(C#N)c2ccc(/C=C/c3ccc(N(c4ccccc4)c4ccccc4)cc3)cc12. The van der Waals surface area contributed by atoms with E-state index in [2.05, 4.69) is 76.5 Å². The Morgan fingerprint density at radius 2 is 1.08 bits per heavy atom. The first-order chi connectivity index (χ1) is 19.3. The number of anilines is 3. The number of hydrogen-bond acceptors (Lipinski definition) is 2. The number of nitriles is 1. The molecule has 0 aliphatic heterocycles. The summed E-state index contributed by atoms with van der Waals surface area (Å²) in [4.78, 5) is 6.09. The van der Waals surface area contributed by atoms with E-state index in [1.165, 1.54) is 0 Å². The molecule has 6 aromatic rings. The third kappa shape index (κ3) is 4.51. The fraction of sp³-hybridized carbons (Fsp3) is 0. The molecule has 3 heteroatoms. The normalized spacial score (nSPS) is 10.9. The Kier molecular flexibility index (Phi) is 6.32. The Balaban J connectivity index is 1.35. The van der Waals surface area contributed by atoms with Crippen LogP contribution in [0, 0.1) is 17.9 Å². The van der Waals surface area contributed by atoms with Crippen molar-refractivity contribution in [2.75, 3.05) is 4.90 Å². The second-order valence-electron chi connectivity index (χ2n) is 9.23. The molecule has 0 spiro atoms. The molecule has 0 saturated carbocycles. The number of rotatable bonds is 5. The van der Waals surface area contributed by atoms with Crippen LogP contribution in [0.3, 0.4) is 0 Å². The van der Waals surface area contributed by atoms with Crippen molar-refractivity contribution < 1.29 is 0 Å². The predicted molar refractivity (Wildman–Crippen MR) is 162 cm³/mol. The first kappa shape index (κ1) is 23.7. The molecule has 0 amide bonds. The first-order valence-corrected chi connectivity index (χ1v) is 12.7. The van der Waals surface area contributed by atoms with Crippen LogP contribution >= 0.6 is 0 Å². The van der Waals surface area contributed by atoms with Gasteiger partial charge in [-0.3, -0.25) is 0 Å². The molecule has 39 heavy (non-hydrogen) atoms. The van der Waals surface area contributed by atoms with Crippen LogP contribution in [0.4, 0.5) is 22.7 Å². The van der Waals surface area contributed by atoms with Gasteiger partial charge in [0.15, 0.2) is 0 Å². The number of fused-ring (bicyclic) bond motifs is 2. The highest BCUT2D eigenvalue weighted by Gasteiger charge is 2.14. The molecule has 6 rings (SSSR count). The van der Waals surface area contributed by atoms with Crippen LogP contribution in [0.5, 0.6) is 0 Å². The number of para-hydroxylation sites is 2. The zero-order valence-corrected chi connectivity index (χ0v) is 21.1. The highest BCUT2D eigenvalue weighted by Crippen LogP contribution is 2.39. The summed E-state index contributed by atoms with van der Waals surface area (Å²) in [6.07, 6.45) is 4.12. The van der Waals surface area contributed by atoms with Crippen molar-refractivity contribution in [2.24, 2.45) is 0 Å². The first-order valence-electron chi connectivity index (χ1n) is 12.7. The smallest absolute Gasteiger partial charge is 0.202 e. The lowest BCUT2D eigenvalue weighted by atomic mass is 9.94. The third-order valence-corrected chi connectivity index (χ3v) is 6.89. The average molecular weight is 498 g/mol. The van der Waals surface area contributed by atoms with Crippen molar-refractivity contribution in [3.63, 3.8) is 0 Å². The van der Waals surface area contributed by atoms with Gasteiger partial charge in [-0.2, -0.15) is 5.26 Å². The minimum atomic E-state index is 0.584. The van der Waals surface area contributed by atoms with Crippen molar-refractivity contribution in [3.8, 4) is 6.07 Å². The molecule has 0 saturated heterocycles. The summed E-state index contributed by atoms with van der Waals surface area (Å²) in [5.74, 6) is 0. The topological polar surface area (TPSA) is 31.4 Å². The van der Waals surface area contributed by atoms with Crippen LogP contribution in [0.1, 0.15) is 16.7 Å². The maximum absolute atomic E-state index is 9.88.